The lowest BCUT2D eigenvalue weighted by Crippen LogP contribution is -2.11. The predicted octanol–water partition coefficient (Wildman–Crippen LogP) is 3.24. The average molecular weight is 262 g/mol. The molecule has 2 rings (SSSR count). The maximum atomic E-state index is 5.39. The van der Waals surface area contributed by atoms with Gasteiger partial charge in [0.15, 0.2) is 0 Å². The van der Waals surface area contributed by atoms with Gasteiger partial charge in [-0.1, -0.05) is 18.6 Å². The first-order valence-electron chi connectivity index (χ1n) is 6.04. The third kappa shape index (κ3) is 2.89. The van der Waals surface area contributed by atoms with Gasteiger partial charge in [-0.15, -0.1) is 11.3 Å². The van der Waals surface area contributed by atoms with Gasteiger partial charge in [-0.05, 0) is 25.6 Å². The molecule has 96 valence electrons. The molecule has 0 saturated heterocycles. The summed E-state index contributed by atoms with van der Waals surface area (Å²) >= 11 is 1.68. The van der Waals surface area contributed by atoms with E-state index >= 15 is 0 Å². The van der Waals surface area contributed by atoms with Crippen LogP contribution in [0.15, 0.2) is 23.6 Å². The first-order chi connectivity index (χ1) is 8.74. The van der Waals surface area contributed by atoms with Crippen LogP contribution in [0.3, 0.4) is 0 Å². The van der Waals surface area contributed by atoms with E-state index < -0.39 is 0 Å². The molecule has 0 aliphatic carbocycles. The van der Waals surface area contributed by atoms with Crippen molar-refractivity contribution in [3.8, 4) is 17.0 Å². The maximum absolute atomic E-state index is 5.39. The number of rotatable bonds is 5. The first kappa shape index (κ1) is 13.1. The molecule has 0 amide bonds. The first-order valence-corrected chi connectivity index (χ1v) is 6.92. The van der Waals surface area contributed by atoms with Crippen LogP contribution in [0.4, 0.5) is 0 Å². The summed E-state index contributed by atoms with van der Waals surface area (Å²) < 4.78 is 5.39. The Bertz CT molecular complexity index is 522. The van der Waals surface area contributed by atoms with Gasteiger partial charge in [0.05, 0.1) is 12.8 Å². The lowest BCUT2D eigenvalue weighted by molar-refractivity contribution is 0.416. The summed E-state index contributed by atoms with van der Waals surface area (Å²) in [5, 5.41) is 6.48. The van der Waals surface area contributed by atoms with E-state index in [1.54, 1.807) is 18.4 Å². The van der Waals surface area contributed by atoms with Crippen LogP contribution >= 0.6 is 11.3 Å². The zero-order valence-corrected chi connectivity index (χ0v) is 11.8. The normalized spacial score (nSPS) is 10.6. The number of thiazole rings is 1. The molecule has 0 spiro atoms. The highest BCUT2D eigenvalue weighted by Gasteiger charge is 2.10. The minimum atomic E-state index is 0.829. The molecular formula is C14H18N2OS. The van der Waals surface area contributed by atoms with E-state index in [0.717, 1.165) is 35.1 Å². The Morgan fingerprint density at radius 3 is 2.94 bits per heavy atom. The van der Waals surface area contributed by atoms with Crippen molar-refractivity contribution in [1.82, 2.24) is 10.3 Å². The van der Waals surface area contributed by atoms with Crippen LogP contribution in [-0.4, -0.2) is 18.6 Å². The maximum Gasteiger partial charge on any atom is 0.128 e. The fourth-order valence-electron chi connectivity index (χ4n) is 1.77. The fraction of sp³-hybridized carbons (Fsp3) is 0.357. The number of hydrogen-bond acceptors (Lipinski definition) is 4. The molecular weight excluding hydrogens is 244 g/mol. The number of nitrogens with zero attached hydrogens (tertiary/aromatic N) is 1. The molecule has 0 aliphatic rings. The molecule has 0 atom stereocenters. The molecule has 0 saturated carbocycles. The van der Waals surface area contributed by atoms with E-state index in [0.29, 0.717) is 0 Å². The van der Waals surface area contributed by atoms with E-state index in [2.05, 4.69) is 35.6 Å². The smallest absolute Gasteiger partial charge is 0.128 e. The number of methoxy groups -OCH3 is 1. The summed E-state index contributed by atoms with van der Waals surface area (Å²) in [6, 6.07) is 6.16. The summed E-state index contributed by atoms with van der Waals surface area (Å²) in [6.07, 6.45) is 0. The second-order valence-corrected chi connectivity index (χ2v) is 5.05. The number of aromatic nitrogens is 1. The van der Waals surface area contributed by atoms with Crippen molar-refractivity contribution in [3.05, 3.63) is 34.2 Å². The molecule has 0 bridgehead atoms. The van der Waals surface area contributed by atoms with Crippen molar-refractivity contribution in [2.45, 2.75) is 20.4 Å². The molecule has 3 nitrogen and oxygen atoms in total. The zero-order valence-electron chi connectivity index (χ0n) is 11.0. The van der Waals surface area contributed by atoms with Gasteiger partial charge in [0, 0.05) is 17.5 Å². The molecule has 1 aromatic carbocycles. The van der Waals surface area contributed by atoms with Gasteiger partial charge < -0.3 is 10.1 Å². The average Bonchev–Trinajstić information content (AvgIpc) is 2.85. The molecule has 0 unspecified atom stereocenters. The van der Waals surface area contributed by atoms with Crippen LogP contribution in [0.2, 0.25) is 0 Å². The summed E-state index contributed by atoms with van der Waals surface area (Å²) in [4.78, 5) is 4.64. The van der Waals surface area contributed by atoms with E-state index in [9.17, 15) is 0 Å². The van der Waals surface area contributed by atoms with Crippen LogP contribution < -0.4 is 10.1 Å². The quantitative estimate of drug-likeness (QED) is 0.898. The largest absolute Gasteiger partial charge is 0.496 e. The Kier molecular flexibility index (Phi) is 4.33. The number of aryl methyl sites for hydroxylation is 1. The number of benzene rings is 1. The summed E-state index contributed by atoms with van der Waals surface area (Å²) in [5.41, 5.74) is 3.27. The number of hydrogen-bond donors (Lipinski definition) is 1. The van der Waals surface area contributed by atoms with Crippen molar-refractivity contribution >= 4 is 11.3 Å². The second kappa shape index (κ2) is 5.98. The molecule has 0 aliphatic heterocycles. The van der Waals surface area contributed by atoms with Gasteiger partial charge in [0.1, 0.15) is 10.8 Å². The molecule has 1 heterocycles. The van der Waals surface area contributed by atoms with Gasteiger partial charge in [-0.2, -0.15) is 0 Å². The lowest BCUT2D eigenvalue weighted by Gasteiger charge is -2.07. The lowest BCUT2D eigenvalue weighted by atomic mass is 10.1. The van der Waals surface area contributed by atoms with Crippen LogP contribution in [0.1, 0.15) is 17.5 Å². The SMILES string of the molecule is CCNCc1nc(-c2cc(C)ccc2OC)cs1. The van der Waals surface area contributed by atoms with E-state index in [1.165, 1.54) is 5.56 Å². The Morgan fingerprint density at radius 1 is 1.39 bits per heavy atom. The highest BCUT2D eigenvalue weighted by atomic mass is 32.1. The third-order valence-corrected chi connectivity index (χ3v) is 3.56. The van der Waals surface area contributed by atoms with Crippen molar-refractivity contribution in [2.75, 3.05) is 13.7 Å². The Balaban J connectivity index is 2.30. The van der Waals surface area contributed by atoms with Crippen molar-refractivity contribution in [2.24, 2.45) is 0 Å². The monoisotopic (exact) mass is 262 g/mol. The second-order valence-electron chi connectivity index (χ2n) is 4.11. The number of ether oxygens (including phenoxy) is 1. The highest BCUT2D eigenvalue weighted by molar-refractivity contribution is 7.09. The number of nitrogens with one attached hydrogen (secondary N) is 1. The molecule has 0 fully saturated rings. The van der Waals surface area contributed by atoms with Crippen molar-refractivity contribution in [1.29, 1.82) is 0 Å². The zero-order chi connectivity index (χ0) is 13.0. The van der Waals surface area contributed by atoms with Gasteiger partial charge in [0.25, 0.3) is 0 Å². The third-order valence-electron chi connectivity index (χ3n) is 2.71. The minimum Gasteiger partial charge on any atom is -0.496 e. The predicted molar refractivity (Wildman–Crippen MR) is 76.2 cm³/mol. The van der Waals surface area contributed by atoms with Gasteiger partial charge in [-0.3, -0.25) is 0 Å². The fourth-order valence-corrected chi connectivity index (χ4v) is 2.53. The van der Waals surface area contributed by atoms with Crippen molar-refractivity contribution in [3.63, 3.8) is 0 Å². The molecule has 0 radical (unpaired) electrons. The molecule has 1 N–H and O–H groups in total. The topological polar surface area (TPSA) is 34.2 Å². The molecule has 18 heavy (non-hydrogen) atoms. The van der Waals surface area contributed by atoms with Crippen LogP contribution in [0.5, 0.6) is 5.75 Å². The van der Waals surface area contributed by atoms with Gasteiger partial charge in [-0.25, -0.2) is 4.98 Å². The highest BCUT2D eigenvalue weighted by Crippen LogP contribution is 2.31. The van der Waals surface area contributed by atoms with Crippen LogP contribution in [0, 0.1) is 6.92 Å². The Hall–Kier alpha value is -1.39. The van der Waals surface area contributed by atoms with Crippen LogP contribution in [-0.2, 0) is 6.54 Å². The molecule has 2 aromatic rings. The molecule has 1 aromatic heterocycles. The van der Waals surface area contributed by atoms with Crippen molar-refractivity contribution < 1.29 is 4.74 Å². The van der Waals surface area contributed by atoms with E-state index in [4.69, 9.17) is 4.74 Å². The Labute approximate surface area is 112 Å². The van der Waals surface area contributed by atoms with Gasteiger partial charge >= 0.3 is 0 Å². The molecule has 4 heteroatoms. The van der Waals surface area contributed by atoms with Crippen LogP contribution in [0.25, 0.3) is 11.3 Å². The minimum absolute atomic E-state index is 0.829. The summed E-state index contributed by atoms with van der Waals surface area (Å²) in [7, 11) is 1.69. The van der Waals surface area contributed by atoms with E-state index in [-0.39, 0.29) is 0 Å². The summed E-state index contributed by atoms with van der Waals surface area (Å²) in [6.45, 7) is 5.96. The summed E-state index contributed by atoms with van der Waals surface area (Å²) in [5.74, 6) is 0.876. The standard InChI is InChI=1S/C14H18N2OS/c1-4-15-8-14-16-12(9-18-14)11-7-10(2)5-6-13(11)17-3/h5-7,9,15H,4,8H2,1-3H3. The van der Waals surface area contributed by atoms with Gasteiger partial charge in [0.2, 0.25) is 0 Å². The Morgan fingerprint density at radius 2 is 2.22 bits per heavy atom. The van der Waals surface area contributed by atoms with E-state index in [1.807, 2.05) is 12.1 Å².